The molecule has 5 saturated heterocycles. The Morgan fingerprint density at radius 1 is 0.692 bits per heavy atom. The summed E-state index contributed by atoms with van der Waals surface area (Å²) in [5, 5.41) is 16.1. The zero-order valence-corrected chi connectivity index (χ0v) is 43.5. The highest BCUT2D eigenvalue weighted by atomic mass is 16.5. The van der Waals surface area contributed by atoms with Gasteiger partial charge in [0.25, 0.3) is 0 Å². The monoisotopic (exact) mass is 921 g/mol. The Balaban J connectivity index is 0.000000269. The van der Waals surface area contributed by atoms with Crippen LogP contribution in [0.3, 0.4) is 0 Å². The van der Waals surface area contributed by atoms with Gasteiger partial charge in [-0.2, -0.15) is 5.10 Å². The largest absolute Gasteiger partial charge is 0.394 e. The van der Waals surface area contributed by atoms with Crippen LogP contribution in [0.5, 0.6) is 0 Å². The zero-order valence-electron chi connectivity index (χ0n) is 43.5. The third-order valence-electron chi connectivity index (χ3n) is 13.4. The first-order valence-electron chi connectivity index (χ1n) is 24.9. The second kappa shape index (κ2) is 30.1. The van der Waals surface area contributed by atoms with Crippen LogP contribution in [0, 0.1) is 5.41 Å². The third-order valence-corrected chi connectivity index (χ3v) is 13.4. The Hall–Kier alpha value is -2.54. The zero-order chi connectivity index (χ0) is 48.9. The van der Waals surface area contributed by atoms with E-state index in [1.165, 1.54) is 32.4 Å². The minimum absolute atomic E-state index is 0.0335. The number of nitrogens with one attached hydrogen (secondary N) is 1. The van der Waals surface area contributed by atoms with Crippen LogP contribution >= 0.6 is 0 Å². The molecule has 1 aromatic rings. The fourth-order valence-corrected chi connectivity index (χ4v) is 8.46. The van der Waals surface area contributed by atoms with Crippen LogP contribution in [0.15, 0.2) is 18.5 Å². The molecule has 16 heteroatoms. The van der Waals surface area contributed by atoms with Gasteiger partial charge in [0.15, 0.2) is 0 Å². The predicted octanol–water partition coefficient (Wildman–Crippen LogP) is 3.83. The average Bonchev–Trinajstić information content (AvgIpc) is 3.80. The van der Waals surface area contributed by atoms with Crippen molar-refractivity contribution in [1.29, 1.82) is 0 Å². The molecule has 0 aromatic carbocycles. The van der Waals surface area contributed by atoms with Gasteiger partial charge >= 0.3 is 0 Å². The Morgan fingerprint density at radius 2 is 1.22 bits per heavy atom. The van der Waals surface area contributed by atoms with E-state index < -0.39 is 6.10 Å². The van der Waals surface area contributed by atoms with Crippen LogP contribution in [0.4, 0.5) is 0 Å². The number of aliphatic hydroxyl groups is 1. The molecule has 1 aliphatic carbocycles. The number of nitrogens with two attached hydrogens (primary N) is 1. The standard InChI is InChI=1S/2C9H18N2O.C9H17N.C8H16N2O2.C8H17NO2.C6H10N2/c1-8(2)10-4-6-11(7-5-10)9(3)12;1-7(2)11-5-4-10-9(6-11)8(3)12;1-8(2)10-6-9(7-10)4-3-5-9;1-6(2)10-3-4-12-7(5-10)8(9)11;1-7(2)9-3-4-11-8(5-9)6-10;1-6(2)8-5-3-4-7-8/h8H,4-7H2,1-3H3;7,9-10H,4-6H2,1-3H3;8H,3-7H2,1-2H3;6-7H,3-5H2,1-2H3,(H2,9,11);7-8,10H,3-6H2,1-2H3;3-6H,1-2H3. The van der Waals surface area contributed by atoms with Crippen molar-refractivity contribution in [3.63, 3.8) is 0 Å². The number of rotatable bonds is 9. The molecule has 6 heterocycles. The summed E-state index contributed by atoms with van der Waals surface area (Å²) in [5.74, 6) is 0.0964. The van der Waals surface area contributed by atoms with Crippen molar-refractivity contribution in [2.45, 2.75) is 171 Å². The van der Waals surface area contributed by atoms with Crippen LogP contribution < -0.4 is 11.1 Å². The SMILES string of the molecule is CC(=O)C1CN(C(C)C)CCN1.CC(=O)N1CCN(C(C)C)CC1.CC(C)N1CC2(CCC2)C1.CC(C)N1CCOC(C(N)=O)C1.CC(C)N1CCOC(CO)C1.CC(C)n1cccn1. The number of aliphatic hydroxyl groups excluding tert-OH is 1. The van der Waals surface area contributed by atoms with E-state index in [2.05, 4.69) is 118 Å². The van der Waals surface area contributed by atoms with E-state index in [1.807, 2.05) is 21.8 Å². The molecule has 3 unspecified atom stereocenters. The van der Waals surface area contributed by atoms with Gasteiger partial charge < -0.3 is 30.5 Å². The number of primary amides is 1. The van der Waals surface area contributed by atoms with E-state index in [4.69, 9.17) is 20.3 Å². The number of ether oxygens (including phenoxy) is 2. The highest BCUT2D eigenvalue weighted by Gasteiger charge is 2.47. The van der Waals surface area contributed by atoms with Gasteiger partial charge in [0.05, 0.1) is 32.0 Å². The number of hydrogen-bond donors (Lipinski definition) is 3. The van der Waals surface area contributed by atoms with Crippen molar-refractivity contribution in [2.24, 2.45) is 11.1 Å². The molecule has 6 fully saturated rings. The molecule has 16 nitrogen and oxygen atoms in total. The number of hydrogen-bond acceptors (Lipinski definition) is 13. The van der Waals surface area contributed by atoms with Crippen molar-refractivity contribution in [1.82, 2.24) is 44.5 Å². The van der Waals surface area contributed by atoms with Gasteiger partial charge in [0.1, 0.15) is 11.9 Å². The topological polar surface area (TPSA) is 165 Å². The van der Waals surface area contributed by atoms with E-state index in [1.54, 1.807) is 20.0 Å². The minimum atomic E-state index is -0.416. The number of morpholine rings is 2. The minimum Gasteiger partial charge on any atom is -0.394 e. The van der Waals surface area contributed by atoms with Gasteiger partial charge in [-0.1, -0.05) is 6.42 Å². The fraction of sp³-hybridized carbons (Fsp3) is 0.878. The van der Waals surface area contributed by atoms with Crippen LogP contribution in [0.1, 0.15) is 122 Å². The van der Waals surface area contributed by atoms with Crippen LogP contribution in [-0.2, 0) is 23.9 Å². The third kappa shape index (κ3) is 21.5. The smallest absolute Gasteiger partial charge is 0.247 e. The molecule has 1 saturated carbocycles. The lowest BCUT2D eigenvalue weighted by Gasteiger charge is -2.57. The van der Waals surface area contributed by atoms with Crippen molar-refractivity contribution in [2.75, 3.05) is 105 Å². The second-order valence-electron chi connectivity index (χ2n) is 20.4. The highest BCUT2D eigenvalue weighted by Crippen LogP contribution is 2.48. The van der Waals surface area contributed by atoms with E-state index >= 15 is 0 Å². The number of carbonyl (C=O) groups excluding carboxylic acids is 3. The summed E-state index contributed by atoms with van der Waals surface area (Å²) in [6.45, 7) is 43.7. The molecule has 1 aromatic heterocycles. The van der Waals surface area contributed by atoms with Gasteiger partial charge in [0.2, 0.25) is 11.8 Å². The molecular formula is C49H96N10O6. The molecule has 378 valence electrons. The maximum absolute atomic E-state index is 11.1. The maximum Gasteiger partial charge on any atom is 0.247 e. The quantitative estimate of drug-likeness (QED) is 0.328. The van der Waals surface area contributed by atoms with E-state index in [9.17, 15) is 14.4 Å². The number of ketones is 1. The normalized spacial score (nSPS) is 24.0. The summed E-state index contributed by atoms with van der Waals surface area (Å²) in [7, 11) is 0. The molecule has 4 N–H and O–H groups in total. The van der Waals surface area contributed by atoms with Gasteiger partial charge in [-0.05, 0) is 114 Å². The van der Waals surface area contributed by atoms with Crippen molar-refractivity contribution in [3.05, 3.63) is 18.5 Å². The van der Waals surface area contributed by atoms with Gasteiger partial charge in [-0.25, -0.2) is 0 Å². The summed E-state index contributed by atoms with van der Waals surface area (Å²) in [4.78, 5) is 46.6. The maximum atomic E-state index is 11.1. The van der Waals surface area contributed by atoms with E-state index in [0.717, 1.165) is 83.5 Å². The fourth-order valence-electron chi connectivity index (χ4n) is 8.46. The Labute approximate surface area is 395 Å². The number of carbonyl (C=O) groups is 3. The number of likely N-dealkylation sites (tertiary alicyclic amines) is 1. The molecule has 0 radical (unpaired) electrons. The Kier molecular flexibility index (Phi) is 27.1. The predicted molar refractivity (Wildman–Crippen MR) is 263 cm³/mol. The molecule has 1 spiro atoms. The van der Waals surface area contributed by atoms with Crippen LogP contribution in [0.25, 0.3) is 0 Å². The van der Waals surface area contributed by atoms with Crippen molar-refractivity contribution < 1.29 is 29.0 Å². The molecule has 3 atom stereocenters. The lowest BCUT2D eigenvalue weighted by atomic mass is 9.63. The molecule has 2 amide bonds. The number of nitrogens with zero attached hydrogens (tertiary/aromatic N) is 8. The molecule has 0 bridgehead atoms. The second-order valence-corrected chi connectivity index (χ2v) is 20.4. The average molecular weight is 921 g/mol. The first-order chi connectivity index (χ1) is 30.6. The van der Waals surface area contributed by atoms with Gasteiger partial charge in [0, 0.05) is 141 Å². The lowest BCUT2D eigenvalue weighted by molar-refractivity contribution is -0.136. The summed E-state index contributed by atoms with van der Waals surface area (Å²) in [5.41, 5.74) is 5.96. The van der Waals surface area contributed by atoms with Crippen molar-refractivity contribution >= 4 is 17.6 Å². The molecular weight excluding hydrogens is 825 g/mol. The lowest BCUT2D eigenvalue weighted by Crippen LogP contribution is -2.61. The van der Waals surface area contributed by atoms with Gasteiger partial charge in [-0.15, -0.1) is 0 Å². The molecule has 5 aliphatic heterocycles. The summed E-state index contributed by atoms with van der Waals surface area (Å²) in [6.07, 6.45) is 7.88. The number of Topliss-reactive ketones (excluding diaryl/α,β-unsaturated/α-hetero) is 1. The number of aromatic nitrogens is 2. The number of piperazine rings is 2. The van der Waals surface area contributed by atoms with E-state index in [0.29, 0.717) is 43.4 Å². The van der Waals surface area contributed by atoms with Crippen LogP contribution in [-0.4, -0.2) is 215 Å². The molecule has 65 heavy (non-hydrogen) atoms. The number of amides is 2. The highest BCUT2D eigenvalue weighted by molar-refractivity contribution is 5.81. The first-order valence-corrected chi connectivity index (χ1v) is 24.9. The Bertz CT molecular complexity index is 1400. The van der Waals surface area contributed by atoms with Crippen molar-refractivity contribution in [3.8, 4) is 0 Å². The van der Waals surface area contributed by atoms with E-state index in [-0.39, 0.29) is 36.4 Å². The first kappa shape index (κ1) is 58.6. The molecule has 6 aliphatic rings. The summed E-state index contributed by atoms with van der Waals surface area (Å²) in [6, 6.07) is 5.44. The Morgan fingerprint density at radius 3 is 1.62 bits per heavy atom. The van der Waals surface area contributed by atoms with Gasteiger partial charge in [-0.3, -0.25) is 43.6 Å². The summed E-state index contributed by atoms with van der Waals surface area (Å²) < 4.78 is 12.4. The van der Waals surface area contributed by atoms with Crippen LogP contribution in [0.2, 0.25) is 0 Å². The summed E-state index contributed by atoms with van der Waals surface area (Å²) >= 11 is 0. The molecule has 7 rings (SSSR count).